The van der Waals surface area contributed by atoms with E-state index in [9.17, 15) is 4.79 Å². The van der Waals surface area contributed by atoms with Crippen LogP contribution in [0.5, 0.6) is 0 Å². The molecule has 10 heavy (non-hydrogen) atoms. The van der Waals surface area contributed by atoms with Crippen LogP contribution in [0.4, 0.5) is 0 Å². The summed E-state index contributed by atoms with van der Waals surface area (Å²) in [6.07, 6.45) is 1.39. The van der Waals surface area contributed by atoms with E-state index in [1.54, 1.807) is 6.07 Å². The molecular formula is C6H4BNO2. The highest BCUT2D eigenvalue weighted by Crippen LogP contribution is 1.86. The summed E-state index contributed by atoms with van der Waals surface area (Å²) in [5, 5.41) is 8.42. The molecule has 0 aliphatic heterocycles. The summed E-state index contributed by atoms with van der Waals surface area (Å²) in [6.45, 7) is 0. The van der Waals surface area contributed by atoms with E-state index in [0.717, 1.165) is 0 Å². The molecule has 4 heteroatoms. The van der Waals surface area contributed by atoms with Crippen molar-refractivity contribution in [2.75, 3.05) is 0 Å². The van der Waals surface area contributed by atoms with Gasteiger partial charge in [0.05, 0.1) is 0 Å². The fourth-order valence-electron chi connectivity index (χ4n) is 0.596. The second-order valence-corrected chi connectivity index (χ2v) is 1.75. The first-order valence-electron chi connectivity index (χ1n) is 2.65. The zero-order valence-electron chi connectivity index (χ0n) is 5.11. The predicted octanol–water partition coefficient (Wildman–Crippen LogP) is -0.426. The molecule has 0 fully saturated rings. The van der Waals surface area contributed by atoms with Crippen LogP contribution in [0.3, 0.4) is 0 Å². The molecule has 0 aliphatic rings. The van der Waals surface area contributed by atoms with Crippen molar-refractivity contribution >= 4 is 19.3 Å². The standard InChI is InChI=1S/C6H4BNO2/c7-4-2-1-3-8-5(4)6(9)10/h1-3H,(H,9,10). The van der Waals surface area contributed by atoms with E-state index in [2.05, 4.69) is 4.98 Å². The van der Waals surface area contributed by atoms with Crippen molar-refractivity contribution in [1.82, 2.24) is 4.98 Å². The first-order chi connectivity index (χ1) is 4.72. The highest BCUT2D eigenvalue weighted by atomic mass is 16.4. The Morgan fingerprint density at radius 3 is 2.80 bits per heavy atom. The Kier molecular flexibility index (Phi) is 1.71. The van der Waals surface area contributed by atoms with Crippen LogP contribution in [-0.4, -0.2) is 23.9 Å². The zero-order valence-corrected chi connectivity index (χ0v) is 5.11. The maximum absolute atomic E-state index is 10.3. The Labute approximate surface area is 59.1 Å². The molecule has 0 saturated carbocycles. The summed E-state index contributed by atoms with van der Waals surface area (Å²) in [5.41, 5.74) is 0.0949. The van der Waals surface area contributed by atoms with Crippen molar-refractivity contribution < 1.29 is 9.90 Å². The Morgan fingerprint density at radius 2 is 2.40 bits per heavy atom. The summed E-state index contributed by atoms with van der Waals surface area (Å²) in [7, 11) is 5.28. The van der Waals surface area contributed by atoms with E-state index in [1.165, 1.54) is 12.3 Å². The maximum atomic E-state index is 10.3. The number of carboxylic acids is 1. The highest BCUT2D eigenvalue weighted by Gasteiger charge is 2.04. The molecule has 48 valence electrons. The molecule has 1 rings (SSSR count). The summed E-state index contributed by atoms with van der Waals surface area (Å²) >= 11 is 0. The minimum atomic E-state index is -1.10. The van der Waals surface area contributed by atoms with Gasteiger partial charge in [0, 0.05) is 6.20 Å². The van der Waals surface area contributed by atoms with Gasteiger partial charge in [-0.15, -0.1) is 0 Å². The lowest BCUT2D eigenvalue weighted by atomic mass is 9.94. The number of aromatic carboxylic acids is 1. The normalized spacial score (nSPS) is 9.20. The van der Waals surface area contributed by atoms with Crippen LogP contribution >= 0.6 is 0 Å². The minimum absolute atomic E-state index is 0.0949. The second kappa shape index (κ2) is 2.52. The first-order valence-corrected chi connectivity index (χ1v) is 2.65. The fraction of sp³-hybridized carbons (Fsp3) is 0. The summed E-state index contributed by atoms with van der Waals surface area (Å²) < 4.78 is 0. The lowest BCUT2D eigenvalue weighted by Gasteiger charge is -1.95. The number of carboxylic acid groups (broad SMARTS) is 1. The Bertz CT molecular complexity index is 262. The number of pyridine rings is 1. The van der Waals surface area contributed by atoms with Crippen LogP contribution in [0.15, 0.2) is 18.3 Å². The molecule has 0 spiro atoms. The maximum Gasteiger partial charge on any atom is 0.353 e. The van der Waals surface area contributed by atoms with Gasteiger partial charge in [0.15, 0.2) is 0 Å². The van der Waals surface area contributed by atoms with E-state index in [1.807, 2.05) is 0 Å². The topological polar surface area (TPSA) is 50.2 Å². The number of rotatable bonds is 1. The van der Waals surface area contributed by atoms with Crippen LogP contribution in [-0.2, 0) is 0 Å². The van der Waals surface area contributed by atoms with Crippen LogP contribution in [0, 0.1) is 0 Å². The molecule has 0 aliphatic carbocycles. The van der Waals surface area contributed by atoms with E-state index in [4.69, 9.17) is 13.0 Å². The van der Waals surface area contributed by atoms with Crippen molar-refractivity contribution in [3.05, 3.63) is 24.0 Å². The van der Waals surface area contributed by atoms with Gasteiger partial charge < -0.3 is 5.11 Å². The molecule has 0 saturated heterocycles. The molecule has 0 unspecified atom stereocenters. The van der Waals surface area contributed by atoms with E-state index >= 15 is 0 Å². The van der Waals surface area contributed by atoms with Gasteiger partial charge in [0.25, 0.3) is 0 Å². The Hall–Kier alpha value is -1.32. The molecular weight excluding hydrogens is 129 g/mol. The molecule has 0 amide bonds. The molecule has 0 atom stereocenters. The van der Waals surface area contributed by atoms with Gasteiger partial charge in [0.2, 0.25) is 0 Å². The lowest BCUT2D eigenvalue weighted by Crippen LogP contribution is -2.16. The number of hydrogen-bond donors (Lipinski definition) is 1. The highest BCUT2D eigenvalue weighted by molar-refractivity contribution is 6.35. The monoisotopic (exact) mass is 133 g/mol. The SMILES string of the molecule is [B]c1cccnc1C(=O)O. The second-order valence-electron chi connectivity index (χ2n) is 1.75. The van der Waals surface area contributed by atoms with Gasteiger partial charge in [-0.1, -0.05) is 11.5 Å². The zero-order chi connectivity index (χ0) is 7.56. The van der Waals surface area contributed by atoms with Crippen molar-refractivity contribution in [3.8, 4) is 0 Å². The summed E-state index contributed by atoms with van der Waals surface area (Å²) in [6, 6.07) is 3.08. The van der Waals surface area contributed by atoms with Crippen LogP contribution < -0.4 is 5.46 Å². The average Bonchev–Trinajstić information content (AvgIpc) is 1.88. The smallest absolute Gasteiger partial charge is 0.353 e. The molecule has 1 heterocycles. The van der Waals surface area contributed by atoms with Gasteiger partial charge in [-0.05, 0) is 6.07 Å². The quantitative estimate of drug-likeness (QED) is 0.529. The molecule has 0 bridgehead atoms. The Morgan fingerprint density at radius 1 is 1.70 bits per heavy atom. The third-order valence-corrected chi connectivity index (χ3v) is 1.04. The molecule has 1 aromatic heterocycles. The van der Waals surface area contributed by atoms with E-state index < -0.39 is 5.97 Å². The summed E-state index contributed by atoms with van der Waals surface area (Å²) in [5.74, 6) is -1.10. The fourth-order valence-corrected chi connectivity index (χ4v) is 0.596. The van der Waals surface area contributed by atoms with Crippen molar-refractivity contribution in [1.29, 1.82) is 0 Å². The van der Waals surface area contributed by atoms with Gasteiger partial charge >= 0.3 is 5.97 Å². The lowest BCUT2D eigenvalue weighted by molar-refractivity contribution is 0.0692. The van der Waals surface area contributed by atoms with Crippen molar-refractivity contribution in [3.63, 3.8) is 0 Å². The number of carbonyl (C=O) groups is 1. The molecule has 2 radical (unpaired) electrons. The average molecular weight is 133 g/mol. The van der Waals surface area contributed by atoms with E-state index in [-0.39, 0.29) is 11.2 Å². The van der Waals surface area contributed by atoms with E-state index in [0.29, 0.717) is 0 Å². The van der Waals surface area contributed by atoms with Gasteiger partial charge in [0.1, 0.15) is 13.5 Å². The predicted molar refractivity (Wildman–Crippen MR) is 36.6 cm³/mol. The van der Waals surface area contributed by atoms with Gasteiger partial charge in [-0.2, -0.15) is 0 Å². The van der Waals surface area contributed by atoms with Gasteiger partial charge in [-0.25, -0.2) is 9.78 Å². The largest absolute Gasteiger partial charge is 0.477 e. The molecule has 1 N–H and O–H groups in total. The van der Waals surface area contributed by atoms with Crippen molar-refractivity contribution in [2.45, 2.75) is 0 Å². The molecule has 1 aromatic rings. The summed E-state index contributed by atoms with van der Waals surface area (Å²) in [4.78, 5) is 13.8. The Balaban J connectivity index is 3.15. The third kappa shape index (κ3) is 1.15. The number of aromatic nitrogens is 1. The van der Waals surface area contributed by atoms with Crippen molar-refractivity contribution in [2.24, 2.45) is 0 Å². The third-order valence-electron chi connectivity index (χ3n) is 1.04. The molecule has 0 aromatic carbocycles. The molecule has 3 nitrogen and oxygen atoms in total. The number of hydrogen-bond acceptors (Lipinski definition) is 2. The van der Waals surface area contributed by atoms with Gasteiger partial charge in [-0.3, -0.25) is 0 Å². The minimum Gasteiger partial charge on any atom is -0.477 e. The van der Waals surface area contributed by atoms with Crippen LogP contribution in [0.25, 0.3) is 0 Å². The van der Waals surface area contributed by atoms with Crippen LogP contribution in [0.2, 0.25) is 0 Å². The number of nitrogens with zero attached hydrogens (tertiary/aromatic N) is 1. The van der Waals surface area contributed by atoms with Crippen LogP contribution in [0.1, 0.15) is 10.5 Å². The first kappa shape index (κ1) is 6.80.